The van der Waals surface area contributed by atoms with Gasteiger partial charge in [-0.3, -0.25) is 4.79 Å². The molecule has 1 unspecified atom stereocenters. The van der Waals surface area contributed by atoms with Crippen molar-refractivity contribution in [3.05, 3.63) is 66.4 Å². The fraction of sp³-hybridized carbons (Fsp3) is 0.150. The third kappa shape index (κ3) is 4.59. The quantitative estimate of drug-likeness (QED) is 0.648. The molecule has 0 radical (unpaired) electrons. The molecule has 0 spiro atoms. The third-order valence-electron chi connectivity index (χ3n) is 3.82. The Morgan fingerprint density at radius 2 is 1.71 bits per heavy atom. The van der Waals surface area contributed by atoms with Gasteiger partial charge in [0.25, 0.3) is 5.91 Å². The third-order valence-corrected chi connectivity index (χ3v) is 3.82. The van der Waals surface area contributed by atoms with E-state index in [9.17, 15) is 18.4 Å². The van der Waals surface area contributed by atoms with E-state index in [-0.39, 0.29) is 17.1 Å². The average Bonchev–Trinajstić information content (AvgIpc) is 2.68. The fourth-order valence-corrected chi connectivity index (χ4v) is 2.46. The number of hydrogen-bond acceptors (Lipinski definition) is 5. The molecule has 1 atom stereocenters. The number of amides is 1. The first-order valence-electron chi connectivity index (χ1n) is 8.35. The molecule has 144 valence electrons. The summed E-state index contributed by atoms with van der Waals surface area (Å²) in [5.74, 6) is -1.66. The van der Waals surface area contributed by atoms with Gasteiger partial charge in [0.15, 0.2) is 6.10 Å². The zero-order chi connectivity index (χ0) is 20.1. The summed E-state index contributed by atoms with van der Waals surface area (Å²) in [7, 11) is 0. The van der Waals surface area contributed by atoms with Crippen molar-refractivity contribution in [2.75, 3.05) is 5.32 Å². The van der Waals surface area contributed by atoms with Crippen LogP contribution in [-0.4, -0.2) is 29.6 Å². The van der Waals surface area contributed by atoms with Gasteiger partial charge in [-0.15, -0.1) is 0 Å². The van der Waals surface area contributed by atoms with Crippen LogP contribution in [0.1, 0.15) is 17.4 Å². The van der Waals surface area contributed by atoms with Crippen LogP contribution in [-0.2, 0) is 9.53 Å². The van der Waals surface area contributed by atoms with E-state index in [0.29, 0.717) is 5.52 Å². The van der Waals surface area contributed by atoms with Gasteiger partial charge in [-0.1, -0.05) is 36.4 Å². The summed E-state index contributed by atoms with van der Waals surface area (Å²) in [6, 6.07) is 16.2. The maximum atomic E-state index is 12.5. The summed E-state index contributed by atoms with van der Waals surface area (Å²) in [6.07, 6.45) is -1.18. The molecule has 0 saturated carbocycles. The number of anilines is 1. The lowest BCUT2D eigenvalue weighted by Gasteiger charge is -2.15. The molecule has 1 aromatic heterocycles. The van der Waals surface area contributed by atoms with Gasteiger partial charge in [0.1, 0.15) is 11.4 Å². The minimum Gasteiger partial charge on any atom is -0.448 e. The standard InChI is InChI=1S/C20H16F2N2O4/c1-12(18(25)24-15-8-4-5-9-17(15)28-20(21)22)27-19(26)16-11-10-13-6-2-3-7-14(13)23-16/h2-12,20H,1H3,(H,24,25). The summed E-state index contributed by atoms with van der Waals surface area (Å²) < 4.78 is 34.4. The number of carbonyl (C=O) groups is 2. The maximum Gasteiger partial charge on any atom is 0.387 e. The number of nitrogens with zero attached hydrogens (tertiary/aromatic N) is 1. The smallest absolute Gasteiger partial charge is 0.387 e. The molecule has 0 saturated heterocycles. The minimum absolute atomic E-state index is 0.0412. The van der Waals surface area contributed by atoms with Gasteiger partial charge in [0.2, 0.25) is 0 Å². The highest BCUT2D eigenvalue weighted by atomic mass is 19.3. The van der Waals surface area contributed by atoms with Crippen molar-refractivity contribution >= 4 is 28.5 Å². The number of ether oxygens (including phenoxy) is 2. The summed E-state index contributed by atoms with van der Waals surface area (Å²) in [5, 5.41) is 3.27. The molecular weight excluding hydrogens is 370 g/mol. The van der Waals surface area contributed by atoms with E-state index in [0.717, 1.165) is 5.39 Å². The van der Waals surface area contributed by atoms with Gasteiger partial charge >= 0.3 is 12.6 Å². The van der Waals surface area contributed by atoms with Gasteiger partial charge in [-0.2, -0.15) is 8.78 Å². The molecule has 2 aromatic carbocycles. The Morgan fingerprint density at radius 3 is 2.50 bits per heavy atom. The molecule has 0 aliphatic heterocycles. The summed E-state index contributed by atoms with van der Waals surface area (Å²) in [5.41, 5.74) is 0.714. The molecule has 0 bridgehead atoms. The van der Waals surface area contributed by atoms with E-state index in [1.165, 1.54) is 31.2 Å². The van der Waals surface area contributed by atoms with Crippen LogP contribution < -0.4 is 10.1 Å². The van der Waals surface area contributed by atoms with Crippen molar-refractivity contribution in [1.29, 1.82) is 0 Å². The monoisotopic (exact) mass is 386 g/mol. The number of para-hydroxylation sites is 3. The van der Waals surface area contributed by atoms with Gasteiger partial charge in [-0.05, 0) is 31.2 Å². The lowest BCUT2D eigenvalue weighted by atomic mass is 10.2. The molecule has 0 aliphatic rings. The summed E-state index contributed by atoms with van der Waals surface area (Å²) in [4.78, 5) is 28.8. The van der Waals surface area contributed by atoms with Crippen LogP contribution in [0.5, 0.6) is 5.75 Å². The minimum atomic E-state index is -3.03. The Morgan fingerprint density at radius 1 is 1.00 bits per heavy atom. The number of hydrogen-bond donors (Lipinski definition) is 1. The Hall–Kier alpha value is -3.55. The predicted molar refractivity (Wildman–Crippen MR) is 98.3 cm³/mol. The second-order valence-electron chi connectivity index (χ2n) is 5.80. The zero-order valence-corrected chi connectivity index (χ0v) is 14.8. The number of rotatable bonds is 6. The van der Waals surface area contributed by atoms with Crippen LogP contribution >= 0.6 is 0 Å². The first-order chi connectivity index (χ1) is 13.4. The number of esters is 1. The van der Waals surface area contributed by atoms with Gasteiger partial charge in [-0.25, -0.2) is 9.78 Å². The molecular formula is C20H16F2N2O4. The lowest BCUT2D eigenvalue weighted by Crippen LogP contribution is -2.30. The molecule has 1 heterocycles. The van der Waals surface area contributed by atoms with Crippen molar-refractivity contribution in [3.63, 3.8) is 0 Å². The molecule has 1 N–H and O–H groups in total. The number of benzene rings is 2. The zero-order valence-electron chi connectivity index (χ0n) is 14.8. The topological polar surface area (TPSA) is 77.5 Å². The first-order valence-corrected chi connectivity index (χ1v) is 8.35. The molecule has 28 heavy (non-hydrogen) atoms. The molecule has 6 nitrogen and oxygen atoms in total. The number of fused-ring (bicyclic) bond motifs is 1. The fourth-order valence-electron chi connectivity index (χ4n) is 2.46. The number of halogens is 2. The van der Waals surface area contributed by atoms with E-state index in [1.54, 1.807) is 24.3 Å². The van der Waals surface area contributed by atoms with E-state index >= 15 is 0 Å². The van der Waals surface area contributed by atoms with Crippen LogP contribution in [0.25, 0.3) is 10.9 Å². The molecule has 0 aliphatic carbocycles. The molecule has 0 fully saturated rings. The van der Waals surface area contributed by atoms with Gasteiger partial charge < -0.3 is 14.8 Å². The van der Waals surface area contributed by atoms with Crippen molar-refractivity contribution in [2.45, 2.75) is 19.6 Å². The SMILES string of the molecule is CC(OC(=O)c1ccc2ccccc2n1)C(=O)Nc1ccccc1OC(F)F. The van der Waals surface area contributed by atoms with Crippen LogP contribution in [0, 0.1) is 0 Å². The molecule has 3 rings (SSSR count). The van der Waals surface area contributed by atoms with E-state index in [1.807, 2.05) is 12.1 Å². The first kappa shape index (κ1) is 19.2. The number of alkyl halides is 2. The molecule has 8 heteroatoms. The second-order valence-corrected chi connectivity index (χ2v) is 5.80. The second kappa shape index (κ2) is 8.43. The number of aromatic nitrogens is 1. The summed E-state index contributed by atoms with van der Waals surface area (Å²) >= 11 is 0. The highest BCUT2D eigenvalue weighted by Gasteiger charge is 2.21. The maximum absolute atomic E-state index is 12.5. The lowest BCUT2D eigenvalue weighted by molar-refractivity contribution is -0.123. The largest absolute Gasteiger partial charge is 0.448 e. The van der Waals surface area contributed by atoms with Crippen LogP contribution in [0.15, 0.2) is 60.7 Å². The van der Waals surface area contributed by atoms with Crippen LogP contribution in [0.2, 0.25) is 0 Å². The Kier molecular flexibility index (Phi) is 5.78. The Labute approximate surface area is 159 Å². The van der Waals surface area contributed by atoms with Crippen molar-refractivity contribution < 1.29 is 27.8 Å². The number of carbonyl (C=O) groups excluding carboxylic acids is 2. The highest BCUT2D eigenvalue weighted by Crippen LogP contribution is 2.25. The van der Waals surface area contributed by atoms with E-state index in [4.69, 9.17) is 4.74 Å². The van der Waals surface area contributed by atoms with E-state index in [2.05, 4.69) is 15.0 Å². The Balaban J connectivity index is 1.67. The molecule has 3 aromatic rings. The average molecular weight is 386 g/mol. The van der Waals surface area contributed by atoms with Gasteiger partial charge in [0, 0.05) is 5.39 Å². The van der Waals surface area contributed by atoms with Crippen LogP contribution in [0.4, 0.5) is 14.5 Å². The van der Waals surface area contributed by atoms with E-state index < -0.39 is 24.6 Å². The predicted octanol–water partition coefficient (Wildman–Crippen LogP) is 4.02. The van der Waals surface area contributed by atoms with Crippen molar-refractivity contribution in [1.82, 2.24) is 4.98 Å². The summed E-state index contributed by atoms with van der Waals surface area (Å²) in [6.45, 7) is -1.67. The van der Waals surface area contributed by atoms with Crippen molar-refractivity contribution in [2.24, 2.45) is 0 Å². The number of pyridine rings is 1. The van der Waals surface area contributed by atoms with Gasteiger partial charge in [0.05, 0.1) is 11.2 Å². The molecule has 1 amide bonds. The van der Waals surface area contributed by atoms with Crippen LogP contribution in [0.3, 0.4) is 0 Å². The van der Waals surface area contributed by atoms with Crippen molar-refractivity contribution in [3.8, 4) is 5.75 Å². The number of nitrogens with one attached hydrogen (secondary N) is 1. The normalized spacial score (nSPS) is 11.9. The highest BCUT2D eigenvalue weighted by molar-refractivity contribution is 5.98. The Bertz CT molecular complexity index is 1010.